The molecule has 4 nitrogen and oxygen atoms in total. The van der Waals surface area contributed by atoms with Gasteiger partial charge in [0, 0.05) is 9.92 Å². The lowest BCUT2D eigenvalue weighted by Gasteiger charge is -2.36. The van der Waals surface area contributed by atoms with Crippen LogP contribution in [-0.4, -0.2) is 27.1 Å². The number of aromatic amines is 1. The Morgan fingerprint density at radius 1 is 1.16 bits per heavy atom. The number of hydrogen-bond donors (Lipinski definition) is 1. The summed E-state index contributed by atoms with van der Waals surface area (Å²) in [5.74, 6) is 1.19. The molecule has 0 saturated heterocycles. The molecule has 0 aliphatic heterocycles. The van der Waals surface area contributed by atoms with Crippen molar-refractivity contribution >= 4 is 33.8 Å². The van der Waals surface area contributed by atoms with E-state index in [1.165, 1.54) is 5.56 Å². The largest absolute Gasteiger partial charge is 0.409 e. The van der Waals surface area contributed by atoms with Gasteiger partial charge in [-0.3, -0.25) is 0 Å². The van der Waals surface area contributed by atoms with Crippen LogP contribution >= 0.6 is 23.4 Å². The van der Waals surface area contributed by atoms with Crippen LogP contribution in [0.2, 0.25) is 5.02 Å². The van der Waals surface area contributed by atoms with Crippen molar-refractivity contribution in [1.29, 1.82) is 0 Å². The van der Waals surface area contributed by atoms with E-state index in [9.17, 15) is 0 Å². The molecule has 0 amide bonds. The number of aromatic nitrogens is 2. The molecule has 31 heavy (non-hydrogen) atoms. The number of benzene rings is 2. The summed E-state index contributed by atoms with van der Waals surface area (Å²) in [7, 11) is 3.27. The smallest absolute Gasteiger partial charge is 0.247 e. The molecule has 1 heterocycles. The van der Waals surface area contributed by atoms with Crippen LogP contribution in [0.4, 0.5) is 0 Å². The van der Waals surface area contributed by atoms with Crippen LogP contribution in [0.15, 0.2) is 70.7 Å². The predicted molar refractivity (Wildman–Crippen MR) is 127 cm³/mol. The highest BCUT2D eigenvalue weighted by molar-refractivity contribution is 7.99. The third kappa shape index (κ3) is 6.96. The summed E-state index contributed by atoms with van der Waals surface area (Å²) < 4.78 is 11.8. The lowest BCUT2D eigenvalue weighted by Crippen LogP contribution is -2.32. The van der Waals surface area contributed by atoms with E-state index in [4.69, 9.17) is 20.8 Å². The van der Waals surface area contributed by atoms with Gasteiger partial charge >= 0.3 is 0 Å². The van der Waals surface area contributed by atoms with Crippen molar-refractivity contribution in [3.05, 3.63) is 77.2 Å². The zero-order valence-corrected chi connectivity index (χ0v) is 20.7. The van der Waals surface area contributed by atoms with Crippen LogP contribution in [0.5, 0.6) is 0 Å². The summed E-state index contributed by atoms with van der Waals surface area (Å²) in [4.78, 5) is 9.01. The van der Waals surface area contributed by atoms with Crippen molar-refractivity contribution in [3.63, 3.8) is 0 Å². The van der Waals surface area contributed by atoms with E-state index in [0.29, 0.717) is 24.2 Å². The minimum Gasteiger partial charge on any atom is -0.409 e. The van der Waals surface area contributed by atoms with Crippen molar-refractivity contribution in [3.8, 4) is 0 Å². The Kier molecular flexibility index (Phi) is 8.81. The molecule has 2 aromatic carbocycles. The summed E-state index contributed by atoms with van der Waals surface area (Å²) in [5, 5.41) is 1.66. The SMILES string of the molecule is CC(C)C(C)(COCc1ccccc1)CC(O[Si])c1ncc(Sc2cccc(Cl)c2)[nH]1. The quantitative estimate of drug-likeness (QED) is 0.319. The van der Waals surface area contributed by atoms with Gasteiger partial charge in [-0.1, -0.05) is 80.5 Å². The Labute approximate surface area is 197 Å². The summed E-state index contributed by atoms with van der Waals surface area (Å²) in [6.07, 6.45) is 2.37. The molecule has 2 unspecified atom stereocenters. The Bertz CT molecular complexity index is 954. The van der Waals surface area contributed by atoms with Crippen LogP contribution in [0.25, 0.3) is 0 Å². The summed E-state index contributed by atoms with van der Waals surface area (Å²) >= 11 is 7.68. The van der Waals surface area contributed by atoms with Gasteiger partial charge in [0.1, 0.15) is 11.9 Å². The maximum Gasteiger partial charge on any atom is 0.247 e. The Hall–Kier alpha value is -1.57. The lowest BCUT2D eigenvalue weighted by atomic mass is 9.75. The van der Waals surface area contributed by atoms with Gasteiger partial charge < -0.3 is 14.1 Å². The summed E-state index contributed by atoms with van der Waals surface area (Å²) in [6.45, 7) is 7.92. The standard InChI is InChI=1S/C24H28ClN2O2SSi/c1-17(2)24(3,16-28-15-18-8-5-4-6-9-18)13-21(29-31)23-26-14-22(27-23)30-20-11-7-10-19(25)12-20/h4-12,14,17,21H,13,15-16H2,1-3H3,(H,26,27). The average Bonchev–Trinajstić information content (AvgIpc) is 3.21. The minimum absolute atomic E-state index is 0.0842. The minimum atomic E-state index is -0.224. The van der Waals surface area contributed by atoms with Gasteiger partial charge in [-0.2, -0.15) is 0 Å². The summed E-state index contributed by atoms with van der Waals surface area (Å²) in [6, 6.07) is 18.0. The van der Waals surface area contributed by atoms with Crippen LogP contribution in [0, 0.1) is 11.3 Å². The van der Waals surface area contributed by atoms with Crippen LogP contribution in [0.3, 0.4) is 0 Å². The van der Waals surface area contributed by atoms with Gasteiger partial charge in [-0.25, -0.2) is 4.98 Å². The highest BCUT2D eigenvalue weighted by atomic mass is 35.5. The monoisotopic (exact) mass is 471 g/mol. The Morgan fingerprint density at radius 2 is 1.94 bits per heavy atom. The first-order chi connectivity index (χ1) is 14.9. The third-order valence-corrected chi connectivity index (χ3v) is 7.07. The molecule has 3 radical (unpaired) electrons. The normalized spacial score (nSPS) is 14.5. The van der Waals surface area contributed by atoms with Crippen molar-refractivity contribution < 1.29 is 9.16 Å². The molecule has 0 saturated carbocycles. The zero-order chi connectivity index (χ0) is 22.3. The fraction of sp³-hybridized carbons (Fsp3) is 0.375. The topological polar surface area (TPSA) is 47.1 Å². The number of ether oxygens (including phenoxy) is 1. The number of rotatable bonds is 11. The molecule has 163 valence electrons. The fourth-order valence-corrected chi connectivity index (χ4v) is 4.54. The molecule has 7 heteroatoms. The molecule has 1 aromatic heterocycles. The highest BCUT2D eigenvalue weighted by Crippen LogP contribution is 2.39. The lowest BCUT2D eigenvalue weighted by molar-refractivity contribution is -0.0107. The third-order valence-electron chi connectivity index (χ3n) is 5.63. The van der Waals surface area contributed by atoms with Crippen molar-refractivity contribution in [2.45, 2.75) is 49.8 Å². The Balaban J connectivity index is 1.65. The second-order valence-corrected chi connectivity index (χ2v) is 10.1. The Morgan fingerprint density at radius 3 is 2.61 bits per heavy atom. The highest BCUT2D eigenvalue weighted by Gasteiger charge is 2.33. The fourth-order valence-electron chi connectivity index (χ4n) is 3.25. The van der Waals surface area contributed by atoms with Crippen LogP contribution in [0.1, 0.15) is 44.7 Å². The molecule has 3 rings (SSSR count). The average molecular weight is 472 g/mol. The van der Waals surface area contributed by atoms with E-state index < -0.39 is 0 Å². The van der Waals surface area contributed by atoms with Crippen molar-refractivity contribution in [1.82, 2.24) is 9.97 Å². The second kappa shape index (κ2) is 11.3. The van der Waals surface area contributed by atoms with E-state index >= 15 is 0 Å². The van der Waals surface area contributed by atoms with Gasteiger partial charge in [0.2, 0.25) is 10.5 Å². The van der Waals surface area contributed by atoms with E-state index in [0.717, 1.165) is 22.2 Å². The van der Waals surface area contributed by atoms with Gasteiger partial charge in [0.05, 0.1) is 24.4 Å². The molecule has 0 fully saturated rings. The number of imidazole rings is 1. The summed E-state index contributed by atoms with van der Waals surface area (Å²) in [5.41, 5.74) is 1.09. The van der Waals surface area contributed by atoms with E-state index in [1.54, 1.807) is 11.8 Å². The molecule has 0 bridgehead atoms. The number of nitrogens with one attached hydrogen (secondary N) is 1. The zero-order valence-electron chi connectivity index (χ0n) is 18.1. The molecule has 0 aliphatic rings. The van der Waals surface area contributed by atoms with Crippen molar-refractivity contribution in [2.75, 3.05) is 6.61 Å². The first kappa shape index (κ1) is 24.1. The number of H-pyrrole nitrogens is 1. The maximum absolute atomic E-state index is 6.10. The van der Waals surface area contributed by atoms with E-state index in [-0.39, 0.29) is 11.5 Å². The maximum atomic E-state index is 6.10. The van der Waals surface area contributed by atoms with Gasteiger partial charge in [0.15, 0.2) is 0 Å². The van der Waals surface area contributed by atoms with Gasteiger partial charge in [-0.05, 0) is 41.5 Å². The van der Waals surface area contributed by atoms with Crippen molar-refractivity contribution in [2.24, 2.45) is 11.3 Å². The molecule has 0 spiro atoms. The molecular weight excluding hydrogens is 444 g/mol. The first-order valence-electron chi connectivity index (χ1n) is 10.3. The number of hydrogen-bond acceptors (Lipinski definition) is 4. The molecule has 3 aromatic rings. The van der Waals surface area contributed by atoms with Crippen LogP contribution < -0.4 is 0 Å². The van der Waals surface area contributed by atoms with E-state index in [2.05, 4.69) is 53.4 Å². The predicted octanol–water partition coefficient (Wildman–Crippen LogP) is 6.62. The number of halogens is 1. The van der Waals surface area contributed by atoms with Crippen LogP contribution in [-0.2, 0) is 15.8 Å². The molecule has 1 N–H and O–H groups in total. The molecular formula is C24H28ClN2O2SSi. The second-order valence-electron chi connectivity index (χ2n) is 8.29. The molecule has 0 aliphatic carbocycles. The first-order valence-corrected chi connectivity index (χ1v) is 11.9. The molecule has 2 atom stereocenters. The van der Waals surface area contributed by atoms with Gasteiger partial charge in [0.25, 0.3) is 0 Å². The van der Waals surface area contributed by atoms with Gasteiger partial charge in [-0.15, -0.1) is 0 Å². The number of nitrogens with zero attached hydrogens (tertiary/aromatic N) is 1. The van der Waals surface area contributed by atoms with E-state index in [1.807, 2.05) is 48.7 Å².